The Morgan fingerprint density at radius 3 is 2.71 bits per heavy atom. The van der Waals surface area contributed by atoms with Crippen molar-refractivity contribution >= 4 is 29.5 Å². The molecule has 0 bridgehead atoms. The zero-order valence-corrected chi connectivity index (χ0v) is 14.5. The topological polar surface area (TPSA) is 86.7 Å². The standard InChI is InChI=1S/C17H22N2O4S/c1-12-2-4-13(5-3-12)10-19-14(6-7-15(19)20)17(23)18-8-9-24-11-16(21)22/h2-5,14H,6-11H2,1H3,(H,18,23)(H,21,22). The molecule has 130 valence electrons. The van der Waals surface area contributed by atoms with E-state index in [0.717, 1.165) is 11.1 Å². The number of thioether (sulfide) groups is 1. The molecule has 1 aromatic carbocycles. The third kappa shape index (κ3) is 5.26. The molecule has 1 heterocycles. The number of hydrogen-bond donors (Lipinski definition) is 2. The molecule has 1 fully saturated rings. The van der Waals surface area contributed by atoms with Gasteiger partial charge in [-0.25, -0.2) is 0 Å². The summed E-state index contributed by atoms with van der Waals surface area (Å²) in [7, 11) is 0. The number of likely N-dealkylation sites (tertiary alicyclic amines) is 1. The minimum Gasteiger partial charge on any atom is -0.481 e. The number of carboxylic acids is 1. The lowest BCUT2D eigenvalue weighted by Gasteiger charge is -2.24. The van der Waals surface area contributed by atoms with Crippen molar-refractivity contribution in [1.82, 2.24) is 10.2 Å². The van der Waals surface area contributed by atoms with Crippen LogP contribution in [0.25, 0.3) is 0 Å². The molecule has 2 amide bonds. The molecule has 0 spiro atoms. The predicted molar refractivity (Wildman–Crippen MR) is 92.7 cm³/mol. The molecule has 0 aliphatic carbocycles. The predicted octanol–water partition coefficient (Wildman–Crippen LogP) is 1.42. The highest BCUT2D eigenvalue weighted by atomic mass is 32.2. The maximum atomic E-state index is 12.3. The van der Waals surface area contributed by atoms with Crippen LogP contribution in [0.1, 0.15) is 24.0 Å². The fraction of sp³-hybridized carbons (Fsp3) is 0.471. The van der Waals surface area contributed by atoms with Crippen LogP contribution in [0.5, 0.6) is 0 Å². The fourth-order valence-electron chi connectivity index (χ4n) is 2.62. The van der Waals surface area contributed by atoms with E-state index in [1.807, 2.05) is 31.2 Å². The summed E-state index contributed by atoms with van der Waals surface area (Å²) >= 11 is 1.26. The number of hydrogen-bond acceptors (Lipinski definition) is 4. The van der Waals surface area contributed by atoms with Gasteiger partial charge in [0.2, 0.25) is 11.8 Å². The molecule has 1 unspecified atom stereocenters. The van der Waals surface area contributed by atoms with Crippen LogP contribution in [-0.2, 0) is 20.9 Å². The van der Waals surface area contributed by atoms with Gasteiger partial charge in [-0.05, 0) is 18.9 Å². The molecular weight excluding hydrogens is 328 g/mol. The van der Waals surface area contributed by atoms with Gasteiger partial charge in [0.25, 0.3) is 0 Å². The molecule has 1 aromatic rings. The Balaban J connectivity index is 1.85. The number of aryl methyl sites for hydroxylation is 1. The SMILES string of the molecule is Cc1ccc(CN2C(=O)CCC2C(=O)NCCSCC(=O)O)cc1. The van der Waals surface area contributed by atoms with Gasteiger partial charge in [-0.15, -0.1) is 11.8 Å². The molecule has 6 nitrogen and oxygen atoms in total. The third-order valence-corrected chi connectivity index (χ3v) is 4.82. The average molecular weight is 350 g/mol. The first-order chi connectivity index (χ1) is 11.5. The van der Waals surface area contributed by atoms with Gasteiger partial charge in [0.15, 0.2) is 0 Å². The van der Waals surface area contributed by atoms with Crippen LogP contribution < -0.4 is 5.32 Å². The number of carbonyl (C=O) groups excluding carboxylic acids is 2. The third-order valence-electron chi connectivity index (χ3n) is 3.88. The lowest BCUT2D eigenvalue weighted by atomic mass is 10.1. The van der Waals surface area contributed by atoms with Crippen LogP contribution in [0.15, 0.2) is 24.3 Å². The van der Waals surface area contributed by atoms with Crippen molar-refractivity contribution in [3.8, 4) is 0 Å². The number of nitrogens with one attached hydrogen (secondary N) is 1. The summed E-state index contributed by atoms with van der Waals surface area (Å²) < 4.78 is 0. The number of carbonyl (C=O) groups is 3. The fourth-order valence-corrected chi connectivity index (χ4v) is 3.18. The van der Waals surface area contributed by atoms with E-state index in [9.17, 15) is 14.4 Å². The second kappa shape index (κ2) is 8.73. The van der Waals surface area contributed by atoms with Crippen molar-refractivity contribution in [1.29, 1.82) is 0 Å². The Morgan fingerprint density at radius 1 is 1.33 bits per heavy atom. The Kier molecular flexibility index (Phi) is 6.66. The zero-order chi connectivity index (χ0) is 17.5. The highest BCUT2D eigenvalue weighted by Gasteiger charge is 2.35. The molecule has 1 aliphatic heterocycles. The Bertz CT molecular complexity index is 603. The van der Waals surface area contributed by atoms with Gasteiger partial charge in [-0.1, -0.05) is 29.8 Å². The number of carboxylic acid groups (broad SMARTS) is 1. The van der Waals surface area contributed by atoms with Gasteiger partial charge in [0, 0.05) is 25.3 Å². The number of aliphatic carboxylic acids is 1. The number of nitrogens with zero attached hydrogens (tertiary/aromatic N) is 1. The largest absolute Gasteiger partial charge is 0.481 e. The van der Waals surface area contributed by atoms with Crippen LogP contribution >= 0.6 is 11.8 Å². The van der Waals surface area contributed by atoms with E-state index in [1.54, 1.807) is 4.90 Å². The van der Waals surface area contributed by atoms with Gasteiger partial charge in [-0.3, -0.25) is 14.4 Å². The molecule has 1 aliphatic rings. The quantitative estimate of drug-likeness (QED) is 0.693. The molecule has 0 radical (unpaired) electrons. The summed E-state index contributed by atoms with van der Waals surface area (Å²) in [4.78, 5) is 36.5. The summed E-state index contributed by atoms with van der Waals surface area (Å²) in [6, 6.07) is 7.48. The van der Waals surface area contributed by atoms with Gasteiger partial charge in [0.1, 0.15) is 6.04 Å². The monoisotopic (exact) mass is 350 g/mol. The van der Waals surface area contributed by atoms with E-state index in [2.05, 4.69) is 5.32 Å². The molecule has 2 rings (SSSR count). The van der Waals surface area contributed by atoms with Crippen molar-refractivity contribution in [2.24, 2.45) is 0 Å². The highest BCUT2D eigenvalue weighted by Crippen LogP contribution is 2.22. The normalized spacial score (nSPS) is 17.1. The van der Waals surface area contributed by atoms with Crippen molar-refractivity contribution in [3.05, 3.63) is 35.4 Å². The minimum atomic E-state index is -0.864. The number of rotatable bonds is 8. The molecule has 7 heteroatoms. The summed E-state index contributed by atoms with van der Waals surface area (Å²) in [5, 5.41) is 11.4. The van der Waals surface area contributed by atoms with Crippen LogP contribution in [0.4, 0.5) is 0 Å². The highest BCUT2D eigenvalue weighted by molar-refractivity contribution is 7.99. The Hall–Kier alpha value is -2.02. The Labute approximate surface area is 145 Å². The smallest absolute Gasteiger partial charge is 0.313 e. The second-order valence-electron chi connectivity index (χ2n) is 5.80. The lowest BCUT2D eigenvalue weighted by Crippen LogP contribution is -2.44. The van der Waals surface area contributed by atoms with Crippen molar-refractivity contribution in [3.63, 3.8) is 0 Å². The first-order valence-corrected chi connectivity index (χ1v) is 9.05. The summed E-state index contributed by atoms with van der Waals surface area (Å²) in [5.74, 6) is -0.467. The molecule has 1 atom stereocenters. The maximum absolute atomic E-state index is 12.3. The average Bonchev–Trinajstić information content (AvgIpc) is 2.90. The lowest BCUT2D eigenvalue weighted by molar-refractivity contribution is -0.135. The van der Waals surface area contributed by atoms with Crippen molar-refractivity contribution in [2.75, 3.05) is 18.1 Å². The van der Waals surface area contributed by atoms with Crippen LogP contribution in [-0.4, -0.2) is 51.9 Å². The van der Waals surface area contributed by atoms with Crippen LogP contribution in [0, 0.1) is 6.92 Å². The Morgan fingerprint density at radius 2 is 2.04 bits per heavy atom. The van der Waals surface area contributed by atoms with Crippen LogP contribution in [0.2, 0.25) is 0 Å². The second-order valence-corrected chi connectivity index (χ2v) is 6.90. The van der Waals surface area contributed by atoms with E-state index >= 15 is 0 Å². The summed E-state index contributed by atoms with van der Waals surface area (Å²) in [6.07, 6.45) is 0.913. The van der Waals surface area contributed by atoms with E-state index in [-0.39, 0.29) is 17.6 Å². The molecule has 0 aromatic heterocycles. The molecular formula is C17H22N2O4S. The minimum absolute atomic E-state index is 0.00372. The van der Waals surface area contributed by atoms with Gasteiger partial charge in [0.05, 0.1) is 5.75 Å². The van der Waals surface area contributed by atoms with E-state index < -0.39 is 12.0 Å². The van der Waals surface area contributed by atoms with E-state index in [1.165, 1.54) is 11.8 Å². The van der Waals surface area contributed by atoms with Crippen molar-refractivity contribution < 1.29 is 19.5 Å². The number of benzene rings is 1. The zero-order valence-electron chi connectivity index (χ0n) is 13.7. The molecule has 1 saturated heterocycles. The molecule has 0 saturated carbocycles. The maximum Gasteiger partial charge on any atom is 0.313 e. The summed E-state index contributed by atoms with van der Waals surface area (Å²) in [5.41, 5.74) is 2.16. The van der Waals surface area contributed by atoms with Gasteiger partial charge < -0.3 is 15.3 Å². The van der Waals surface area contributed by atoms with Crippen LogP contribution in [0.3, 0.4) is 0 Å². The molecule has 2 N–H and O–H groups in total. The van der Waals surface area contributed by atoms with E-state index in [0.29, 0.717) is 31.7 Å². The first kappa shape index (κ1) is 18.3. The first-order valence-electron chi connectivity index (χ1n) is 7.89. The van der Waals surface area contributed by atoms with Gasteiger partial charge >= 0.3 is 5.97 Å². The number of amides is 2. The summed E-state index contributed by atoms with van der Waals surface area (Å²) in [6.45, 7) is 2.84. The van der Waals surface area contributed by atoms with Crippen molar-refractivity contribution in [2.45, 2.75) is 32.4 Å². The van der Waals surface area contributed by atoms with E-state index in [4.69, 9.17) is 5.11 Å². The van der Waals surface area contributed by atoms with Gasteiger partial charge in [-0.2, -0.15) is 0 Å². The molecule has 24 heavy (non-hydrogen) atoms.